The van der Waals surface area contributed by atoms with Crippen molar-refractivity contribution in [2.24, 2.45) is 10.8 Å². The lowest BCUT2D eigenvalue weighted by Gasteiger charge is -2.39. The van der Waals surface area contributed by atoms with E-state index in [0.717, 1.165) is 37.9 Å². The van der Waals surface area contributed by atoms with Crippen molar-refractivity contribution < 1.29 is 4.79 Å². The standard InChI is InChI=1S/C19H29N3O2S/c1-5-6-13-7-15(23)21-17(20-13)25-10-16(24)22-12-19(4)9-14(22)8-18(2,3)11-19/h7,14H,5-6,8-12H2,1-4H3,(H,20,21,23)/t14-,19+/m1/s1. The van der Waals surface area contributed by atoms with Crippen LogP contribution in [0.3, 0.4) is 0 Å². The van der Waals surface area contributed by atoms with Gasteiger partial charge in [0.15, 0.2) is 5.16 Å². The van der Waals surface area contributed by atoms with E-state index in [0.29, 0.717) is 22.4 Å². The van der Waals surface area contributed by atoms with Gasteiger partial charge < -0.3 is 9.88 Å². The lowest BCUT2D eigenvalue weighted by molar-refractivity contribution is -0.129. The minimum absolute atomic E-state index is 0.139. The van der Waals surface area contributed by atoms with E-state index in [1.807, 2.05) is 0 Å². The SMILES string of the molecule is CCCc1cc(=O)[nH]c(SCC(=O)N2C[C@@]3(C)C[C@H]2CC(C)(C)C3)n1. The van der Waals surface area contributed by atoms with Crippen LogP contribution in [0.15, 0.2) is 16.0 Å². The molecule has 1 aliphatic heterocycles. The van der Waals surface area contributed by atoms with Gasteiger partial charge in [-0.1, -0.05) is 45.9 Å². The average Bonchev–Trinajstić information content (AvgIpc) is 2.73. The summed E-state index contributed by atoms with van der Waals surface area (Å²) in [5.74, 6) is 0.505. The molecule has 5 nitrogen and oxygen atoms in total. The van der Waals surface area contributed by atoms with E-state index in [4.69, 9.17) is 0 Å². The number of carbonyl (C=O) groups excluding carboxylic acids is 1. The van der Waals surface area contributed by atoms with Gasteiger partial charge in [-0.2, -0.15) is 0 Å². The number of nitrogens with zero attached hydrogens (tertiary/aromatic N) is 2. The Morgan fingerprint density at radius 2 is 2.16 bits per heavy atom. The molecule has 2 fully saturated rings. The maximum Gasteiger partial charge on any atom is 0.251 e. The number of thioether (sulfide) groups is 1. The van der Waals surface area contributed by atoms with E-state index in [1.54, 1.807) is 6.07 Å². The lowest BCUT2D eigenvalue weighted by atomic mass is 9.65. The molecule has 138 valence electrons. The van der Waals surface area contributed by atoms with Crippen LogP contribution in [0.25, 0.3) is 0 Å². The van der Waals surface area contributed by atoms with Crippen molar-refractivity contribution in [3.63, 3.8) is 0 Å². The predicted molar refractivity (Wildman–Crippen MR) is 101 cm³/mol. The highest BCUT2D eigenvalue weighted by molar-refractivity contribution is 7.99. The van der Waals surface area contributed by atoms with Gasteiger partial charge in [0.25, 0.3) is 5.56 Å². The zero-order valence-electron chi connectivity index (χ0n) is 15.7. The Labute approximate surface area is 154 Å². The van der Waals surface area contributed by atoms with Gasteiger partial charge in [-0.05, 0) is 36.5 Å². The van der Waals surface area contributed by atoms with Crippen molar-refractivity contribution in [2.45, 2.75) is 71.0 Å². The fraction of sp³-hybridized carbons (Fsp3) is 0.737. The van der Waals surface area contributed by atoms with Gasteiger partial charge in [0.2, 0.25) is 5.91 Å². The maximum atomic E-state index is 12.8. The van der Waals surface area contributed by atoms with Crippen LogP contribution in [0.4, 0.5) is 0 Å². The van der Waals surface area contributed by atoms with Gasteiger partial charge >= 0.3 is 0 Å². The molecule has 0 radical (unpaired) electrons. The second-order valence-corrected chi connectivity index (χ2v) is 9.78. The van der Waals surface area contributed by atoms with E-state index in [-0.39, 0.29) is 16.9 Å². The highest BCUT2D eigenvalue weighted by atomic mass is 32.2. The van der Waals surface area contributed by atoms with E-state index < -0.39 is 0 Å². The number of fused-ring (bicyclic) bond motifs is 2. The van der Waals surface area contributed by atoms with Crippen LogP contribution in [0, 0.1) is 10.8 Å². The van der Waals surface area contributed by atoms with E-state index in [1.165, 1.54) is 18.2 Å². The first kappa shape index (κ1) is 18.5. The van der Waals surface area contributed by atoms with Crippen molar-refractivity contribution in [1.29, 1.82) is 0 Å². The number of rotatable bonds is 5. The zero-order valence-corrected chi connectivity index (χ0v) is 16.5. The Balaban J connectivity index is 1.65. The van der Waals surface area contributed by atoms with E-state index in [9.17, 15) is 9.59 Å². The monoisotopic (exact) mass is 363 g/mol. The minimum Gasteiger partial charge on any atom is -0.338 e. The summed E-state index contributed by atoms with van der Waals surface area (Å²) in [4.78, 5) is 33.8. The lowest BCUT2D eigenvalue weighted by Crippen LogP contribution is -2.38. The van der Waals surface area contributed by atoms with Gasteiger partial charge in [-0.15, -0.1) is 0 Å². The number of H-pyrrole nitrogens is 1. The van der Waals surface area contributed by atoms with Crippen LogP contribution < -0.4 is 5.56 Å². The van der Waals surface area contributed by atoms with Crippen LogP contribution in [0.1, 0.15) is 59.1 Å². The summed E-state index contributed by atoms with van der Waals surface area (Å²) in [6.07, 6.45) is 5.12. The number of aryl methyl sites for hydroxylation is 1. The number of hydrogen-bond donors (Lipinski definition) is 1. The molecule has 0 unspecified atom stereocenters. The van der Waals surface area contributed by atoms with Crippen molar-refractivity contribution in [2.75, 3.05) is 12.3 Å². The number of nitrogens with one attached hydrogen (secondary N) is 1. The molecule has 1 aromatic rings. The Morgan fingerprint density at radius 1 is 1.40 bits per heavy atom. The summed E-state index contributed by atoms with van der Waals surface area (Å²) < 4.78 is 0. The molecule has 1 aliphatic carbocycles. The summed E-state index contributed by atoms with van der Waals surface area (Å²) in [6, 6.07) is 1.90. The molecule has 6 heteroatoms. The quantitative estimate of drug-likeness (QED) is 0.644. The van der Waals surface area contributed by atoms with Gasteiger partial charge in [0.1, 0.15) is 0 Å². The summed E-state index contributed by atoms with van der Waals surface area (Å²) >= 11 is 1.34. The van der Waals surface area contributed by atoms with Crippen molar-refractivity contribution in [3.8, 4) is 0 Å². The Morgan fingerprint density at radius 3 is 2.88 bits per heavy atom. The van der Waals surface area contributed by atoms with Crippen LogP contribution in [0.2, 0.25) is 0 Å². The molecule has 2 aliphatic rings. The molecular weight excluding hydrogens is 334 g/mol. The number of carbonyl (C=O) groups is 1. The number of aromatic nitrogens is 2. The number of amides is 1. The summed E-state index contributed by atoms with van der Waals surface area (Å²) in [5, 5.41) is 0.554. The van der Waals surface area contributed by atoms with Crippen LogP contribution >= 0.6 is 11.8 Å². The summed E-state index contributed by atoms with van der Waals surface area (Å²) in [6.45, 7) is 9.86. The third-order valence-electron chi connectivity index (χ3n) is 5.35. The van der Waals surface area contributed by atoms with Crippen LogP contribution in [0.5, 0.6) is 0 Å². The molecule has 0 spiro atoms. The van der Waals surface area contributed by atoms with Gasteiger partial charge in [0, 0.05) is 24.3 Å². The second kappa shape index (κ2) is 6.78. The first-order valence-corrected chi connectivity index (χ1v) is 10.2. The Hall–Kier alpha value is -1.30. The fourth-order valence-corrected chi connectivity index (χ4v) is 5.68. The topological polar surface area (TPSA) is 66.1 Å². The molecule has 1 saturated carbocycles. The smallest absolute Gasteiger partial charge is 0.251 e. The highest BCUT2D eigenvalue weighted by Gasteiger charge is 2.50. The van der Waals surface area contributed by atoms with Crippen molar-refractivity contribution >= 4 is 17.7 Å². The Kier molecular flexibility index (Phi) is 5.02. The normalized spacial score (nSPS) is 27.5. The number of likely N-dealkylation sites (tertiary alicyclic amines) is 1. The molecule has 1 aromatic heterocycles. The average molecular weight is 364 g/mol. The minimum atomic E-state index is -0.139. The molecule has 1 saturated heterocycles. The van der Waals surface area contributed by atoms with E-state index >= 15 is 0 Å². The molecule has 25 heavy (non-hydrogen) atoms. The van der Waals surface area contributed by atoms with Crippen LogP contribution in [-0.2, 0) is 11.2 Å². The largest absolute Gasteiger partial charge is 0.338 e. The Bertz CT molecular complexity index is 715. The second-order valence-electron chi connectivity index (χ2n) is 8.82. The maximum absolute atomic E-state index is 12.8. The summed E-state index contributed by atoms with van der Waals surface area (Å²) in [5.41, 5.74) is 1.22. The van der Waals surface area contributed by atoms with Gasteiger partial charge in [-0.25, -0.2) is 4.98 Å². The number of aromatic amines is 1. The molecule has 2 heterocycles. The molecule has 0 aromatic carbocycles. The third kappa shape index (κ3) is 4.27. The molecular formula is C19H29N3O2S. The molecule has 1 amide bonds. The molecule has 2 atom stereocenters. The van der Waals surface area contributed by atoms with E-state index in [2.05, 4.69) is 42.6 Å². The fourth-order valence-electron chi connectivity index (χ4n) is 4.90. The van der Waals surface area contributed by atoms with Gasteiger partial charge in [0.05, 0.1) is 5.75 Å². The van der Waals surface area contributed by atoms with Crippen LogP contribution in [-0.4, -0.2) is 39.1 Å². The first-order valence-electron chi connectivity index (χ1n) is 9.22. The third-order valence-corrected chi connectivity index (χ3v) is 6.20. The van der Waals surface area contributed by atoms with Gasteiger partial charge in [-0.3, -0.25) is 9.59 Å². The first-order chi connectivity index (χ1) is 11.7. The predicted octanol–water partition coefficient (Wildman–Crippen LogP) is 3.24. The molecule has 3 rings (SSSR count). The summed E-state index contributed by atoms with van der Waals surface area (Å²) in [7, 11) is 0. The van der Waals surface area contributed by atoms with Crippen molar-refractivity contribution in [3.05, 3.63) is 22.1 Å². The van der Waals surface area contributed by atoms with Crippen molar-refractivity contribution in [1.82, 2.24) is 14.9 Å². The molecule has 1 N–H and O–H groups in total. The number of hydrogen-bond acceptors (Lipinski definition) is 4. The zero-order chi connectivity index (χ0) is 18.2. The molecule has 2 bridgehead atoms. The highest BCUT2D eigenvalue weighted by Crippen LogP contribution is 2.52.